The molecule has 0 bridgehead atoms. The molecule has 0 aromatic heterocycles. The van der Waals surface area contributed by atoms with Gasteiger partial charge in [-0.3, -0.25) is 18.6 Å². The van der Waals surface area contributed by atoms with Gasteiger partial charge in [0.15, 0.2) is 0 Å². The number of allylic oxidation sites excluding steroid dienone is 15. The normalized spacial score (nSPS) is 14.1. The number of amides is 1. The Kier molecular flexibility index (Phi) is 63.5. The third-order valence-corrected chi connectivity index (χ3v) is 17.0. The Morgan fingerprint density at radius 1 is 0.402 bits per heavy atom. The van der Waals surface area contributed by atoms with Gasteiger partial charge in [0.25, 0.3) is 0 Å². The molecule has 0 aliphatic heterocycles. The second kappa shape index (κ2) is 65.9. The van der Waals surface area contributed by atoms with Gasteiger partial charge in [0, 0.05) is 12.8 Å². The summed E-state index contributed by atoms with van der Waals surface area (Å²) in [5.74, 6) is -0.510. The Balaban J connectivity index is 5.02. The highest BCUT2D eigenvalue weighted by molar-refractivity contribution is 7.47. The van der Waals surface area contributed by atoms with Gasteiger partial charge in [-0.2, -0.15) is 0 Å². The van der Waals surface area contributed by atoms with Crippen LogP contribution in [0.25, 0.3) is 0 Å². The summed E-state index contributed by atoms with van der Waals surface area (Å²) in [6.07, 6.45) is 89.9. The van der Waals surface area contributed by atoms with E-state index in [1.165, 1.54) is 193 Å². The Morgan fingerprint density at radius 2 is 0.701 bits per heavy atom. The average molecular weight is 1240 g/mol. The lowest BCUT2D eigenvalue weighted by Crippen LogP contribution is -2.47. The van der Waals surface area contributed by atoms with Crippen molar-refractivity contribution in [2.75, 3.05) is 40.9 Å². The van der Waals surface area contributed by atoms with Gasteiger partial charge in [0.1, 0.15) is 19.3 Å². The van der Waals surface area contributed by atoms with Crippen LogP contribution in [-0.4, -0.2) is 74.3 Å². The lowest BCUT2D eigenvalue weighted by atomic mass is 10.0. The Morgan fingerprint density at radius 3 is 1.07 bits per heavy atom. The van der Waals surface area contributed by atoms with Crippen LogP contribution < -0.4 is 5.32 Å². The fourth-order valence-electron chi connectivity index (χ4n) is 10.3. The Bertz CT molecular complexity index is 1810. The highest BCUT2D eigenvalue weighted by atomic mass is 31.2. The molecule has 3 unspecified atom stereocenters. The molecule has 9 nitrogen and oxygen atoms in total. The van der Waals surface area contributed by atoms with Crippen LogP contribution in [0.4, 0.5) is 0 Å². The molecule has 0 aromatic carbocycles. The van der Waals surface area contributed by atoms with E-state index in [2.05, 4.69) is 111 Å². The van der Waals surface area contributed by atoms with E-state index in [1.807, 2.05) is 33.3 Å². The first-order valence-corrected chi connectivity index (χ1v) is 38.1. The number of carbonyl (C=O) groups excluding carboxylic acids is 2. The maximum Gasteiger partial charge on any atom is 0.472 e. The number of phosphoric ester groups is 1. The largest absolute Gasteiger partial charge is 0.472 e. The molecule has 0 saturated carbocycles. The van der Waals surface area contributed by atoms with Crippen molar-refractivity contribution in [3.63, 3.8) is 0 Å². The second-order valence-corrected chi connectivity index (χ2v) is 27.2. The van der Waals surface area contributed by atoms with Gasteiger partial charge in [-0.25, -0.2) is 4.57 Å². The minimum Gasteiger partial charge on any atom is -0.456 e. The standard InChI is InChI=1S/C77H139N2O7P/c1-7-10-13-16-19-22-25-27-29-31-33-35-37-39-41-43-45-47-49-51-54-57-60-63-66-69-76(80)78-74(73-85-87(82,83)84-72-71-79(4,5)6)75(68-65-62-59-56-53-24-21-18-15-12-9-3)86-77(81)70-67-64-61-58-55-52-50-48-46-44-42-40-38-36-34-32-30-28-26-23-20-17-14-11-8-2/h19-20,22-23,27-30,33-36,40,42,65,68,74-75H,7-18,21,24-26,31-32,37-39,41,43-64,66-67,69-73H2,1-6H3,(H-,78,80,82,83)/p+1/b22-19-,23-20-,29-27-,30-28-,35-33-,36-34-,42-40-,68-65+. The van der Waals surface area contributed by atoms with Crippen LogP contribution in [0.2, 0.25) is 0 Å². The lowest BCUT2D eigenvalue weighted by molar-refractivity contribution is -0.870. The molecule has 0 spiro atoms. The van der Waals surface area contributed by atoms with Gasteiger partial charge in [0.2, 0.25) is 5.91 Å². The van der Waals surface area contributed by atoms with Gasteiger partial charge in [0.05, 0.1) is 33.8 Å². The number of likely N-dealkylation sites (N-methyl/N-ethyl adjacent to an activating group) is 1. The molecule has 1 amide bonds. The molecule has 0 aromatic rings. The van der Waals surface area contributed by atoms with Crippen LogP contribution in [-0.2, 0) is 27.9 Å². The van der Waals surface area contributed by atoms with Gasteiger partial charge in [-0.15, -0.1) is 0 Å². The van der Waals surface area contributed by atoms with E-state index in [9.17, 15) is 19.0 Å². The zero-order chi connectivity index (χ0) is 63.5. The van der Waals surface area contributed by atoms with Gasteiger partial charge >= 0.3 is 13.8 Å². The summed E-state index contributed by atoms with van der Waals surface area (Å²) in [5.41, 5.74) is 0. The second-order valence-electron chi connectivity index (χ2n) is 25.8. The zero-order valence-electron chi connectivity index (χ0n) is 57.7. The number of nitrogens with zero attached hydrogens (tertiary/aromatic N) is 1. The minimum absolute atomic E-state index is 0.0356. The van der Waals surface area contributed by atoms with E-state index in [4.69, 9.17) is 13.8 Å². The predicted molar refractivity (Wildman–Crippen MR) is 378 cm³/mol. The number of hydrogen-bond donors (Lipinski definition) is 2. The SMILES string of the molecule is CCCCC/C=C\C/C=C\C/C=C\C/C=C\CCCCCCCCCCCC(=O)OC(/C=C/CCCCCCCCCCC)C(COP(=O)(O)OCC[N+](C)(C)C)NC(=O)CCCCCCCCCCCCCC/C=C\C/C=C\C/C=C\CCCCC. The number of rotatable bonds is 66. The Labute approximate surface area is 538 Å². The van der Waals surface area contributed by atoms with Crippen molar-refractivity contribution < 1.29 is 37.3 Å². The summed E-state index contributed by atoms with van der Waals surface area (Å²) in [6.45, 7) is 6.97. The van der Waals surface area contributed by atoms with Gasteiger partial charge in [-0.1, -0.05) is 298 Å². The third-order valence-electron chi connectivity index (χ3n) is 16.0. The number of hydrogen-bond acceptors (Lipinski definition) is 6. The van der Waals surface area contributed by atoms with Crippen LogP contribution in [0.1, 0.15) is 329 Å². The van der Waals surface area contributed by atoms with Crippen LogP contribution >= 0.6 is 7.82 Å². The van der Waals surface area contributed by atoms with Gasteiger partial charge < -0.3 is 19.4 Å². The number of nitrogens with one attached hydrogen (secondary N) is 1. The van der Waals surface area contributed by atoms with Crippen LogP contribution in [0.3, 0.4) is 0 Å². The number of quaternary nitrogens is 1. The van der Waals surface area contributed by atoms with Gasteiger partial charge in [-0.05, 0) is 115 Å². The van der Waals surface area contributed by atoms with E-state index < -0.39 is 20.0 Å². The van der Waals surface area contributed by atoms with Crippen molar-refractivity contribution in [1.29, 1.82) is 0 Å². The summed E-state index contributed by atoms with van der Waals surface area (Å²) in [4.78, 5) is 37.9. The molecular weight excluding hydrogens is 1100 g/mol. The predicted octanol–water partition coefficient (Wildman–Crippen LogP) is 23.5. The molecule has 504 valence electrons. The lowest BCUT2D eigenvalue weighted by Gasteiger charge is -2.27. The van der Waals surface area contributed by atoms with E-state index in [-0.39, 0.29) is 31.5 Å². The topological polar surface area (TPSA) is 111 Å². The maximum atomic E-state index is 13.6. The van der Waals surface area contributed by atoms with E-state index in [0.29, 0.717) is 17.4 Å². The fourth-order valence-corrected chi connectivity index (χ4v) is 11.1. The average Bonchev–Trinajstić information content (AvgIpc) is 3.70. The zero-order valence-corrected chi connectivity index (χ0v) is 58.6. The number of ether oxygens (including phenoxy) is 1. The fraction of sp³-hybridized carbons (Fsp3) is 0.766. The van der Waals surface area contributed by atoms with Crippen molar-refractivity contribution in [3.05, 3.63) is 97.2 Å². The first-order valence-electron chi connectivity index (χ1n) is 36.6. The Hall–Kier alpha value is -3.07. The molecule has 0 fully saturated rings. The first kappa shape index (κ1) is 83.9. The molecule has 0 radical (unpaired) electrons. The first-order chi connectivity index (χ1) is 42.4. The van der Waals surface area contributed by atoms with Crippen LogP contribution in [0.15, 0.2) is 97.2 Å². The molecule has 0 heterocycles. The number of unbranched alkanes of at least 4 members (excludes halogenated alkanes) is 36. The quantitative estimate of drug-likeness (QED) is 0.0205. The summed E-state index contributed by atoms with van der Waals surface area (Å²) in [6, 6.07) is -0.858. The molecule has 3 atom stereocenters. The van der Waals surface area contributed by atoms with Crippen LogP contribution in [0, 0.1) is 0 Å². The number of esters is 1. The smallest absolute Gasteiger partial charge is 0.456 e. The molecule has 2 N–H and O–H groups in total. The summed E-state index contributed by atoms with van der Waals surface area (Å²) < 4.78 is 30.8. The van der Waals surface area contributed by atoms with E-state index in [0.717, 1.165) is 103 Å². The highest BCUT2D eigenvalue weighted by Gasteiger charge is 2.30. The number of phosphoric acid groups is 1. The van der Waals surface area contributed by atoms with E-state index in [1.54, 1.807) is 0 Å². The molecular formula is C77H140N2O7P+. The molecule has 0 rings (SSSR count). The van der Waals surface area contributed by atoms with Crippen molar-refractivity contribution in [1.82, 2.24) is 5.32 Å². The van der Waals surface area contributed by atoms with Crippen molar-refractivity contribution in [3.8, 4) is 0 Å². The molecule has 10 heteroatoms. The summed E-state index contributed by atoms with van der Waals surface area (Å²) in [5, 5.41) is 3.07. The summed E-state index contributed by atoms with van der Waals surface area (Å²) >= 11 is 0. The highest BCUT2D eigenvalue weighted by Crippen LogP contribution is 2.43. The van der Waals surface area contributed by atoms with Crippen molar-refractivity contribution in [2.45, 2.75) is 341 Å². The summed E-state index contributed by atoms with van der Waals surface area (Å²) in [7, 11) is 1.49. The minimum atomic E-state index is -4.46. The van der Waals surface area contributed by atoms with Crippen LogP contribution in [0.5, 0.6) is 0 Å². The number of carbonyl (C=O) groups is 2. The molecule has 87 heavy (non-hydrogen) atoms. The van der Waals surface area contributed by atoms with Crippen molar-refractivity contribution in [2.24, 2.45) is 0 Å². The molecule has 0 saturated heterocycles. The molecule has 0 aliphatic rings. The maximum absolute atomic E-state index is 13.6. The third kappa shape index (κ3) is 67.2. The monoisotopic (exact) mass is 1240 g/mol. The van der Waals surface area contributed by atoms with E-state index >= 15 is 0 Å². The van der Waals surface area contributed by atoms with Crippen molar-refractivity contribution >= 4 is 19.7 Å². The molecule has 0 aliphatic carbocycles.